The Labute approximate surface area is 139 Å². The van der Waals surface area contributed by atoms with Gasteiger partial charge in [-0.25, -0.2) is 9.97 Å². The molecule has 6 nitrogen and oxygen atoms in total. The lowest BCUT2D eigenvalue weighted by Gasteiger charge is -2.21. The third kappa shape index (κ3) is 2.88. The van der Waals surface area contributed by atoms with E-state index in [1.54, 1.807) is 12.5 Å². The summed E-state index contributed by atoms with van der Waals surface area (Å²) >= 11 is 0. The number of hydrogen-bond acceptors (Lipinski definition) is 4. The van der Waals surface area contributed by atoms with Crippen LogP contribution in [-0.2, 0) is 9.53 Å². The summed E-state index contributed by atoms with van der Waals surface area (Å²) < 4.78 is 7.22. The molecule has 0 atom stereocenters. The lowest BCUT2D eigenvalue weighted by Crippen LogP contribution is -2.28. The van der Waals surface area contributed by atoms with Gasteiger partial charge in [-0.05, 0) is 37.1 Å². The molecule has 2 aromatic heterocycles. The van der Waals surface area contributed by atoms with Crippen molar-refractivity contribution >= 4 is 22.6 Å². The largest absolute Gasteiger partial charge is 0.381 e. The second-order valence-corrected chi connectivity index (χ2v) is 5.88. The summed E-state index contributed by atoms with van der Waals surface area (Å²) in [6.45, 7) is 1.31. The maximum atomic E-state index is 12.2. The van der Waals surface area contributed by atoms with Crippen LogP contribution in [0.25, 0.3) is 16.9 Å². The maximum absolute atomic E-state index is 12.2. The number of nitrogens with one attached hydrogen (secondary N) is 1. The molecular weight excluding hydrogens is 304 g/mol. The number of fused-ring (bicyclic) bond motifs is 1. The van der Waals surface area contributed by atoms with Gasteiger partial charge in [0.25, 0.3) is 0 Å². The van der Waals surface area contributed by atoms with E-state index >= 15 is 0 Å². The van der Waals surface area contributed by atoms with Crippen LogP contribution in [0, 0.1) is 5.92 Å². The Morgan fingerprint density at radius 3 is 2.75 bits per heavy atom. The molecule has 122 valence electrons. The second-order valence-electron chi connectivity index (χ2n) is 5.88. The predicted molar refractivity (Wildman–Crippen MR) is 91.0 cm³/mol. The van der Waals surface area contributed by atoms with Gasteiger partial charge in [-0.3, -0.25) is 9.36 Å². The van der Waals surface area contributed by atoms with Gasteiger partial charge in [0.2, 0.25) is 5.91 Å². The molecule has 1 N–H and O–H groups in total. The number of rotatable bonds is 3. The fraction of sp³-hybridized carbons (Fsp3) is 0.278. The predicted octanol–water partition coefficient (Wildman–Crippen LogP) is 2.79. The van der Waals surface area contributed by atoms with E-state index in [0.29, 0.717) is 18.9 Å². The van der Waals surface area contributed by atoms with Crippen LogP contribution < -0.4 is 5.32 Å². The van der Waals surface area contributed by atoms with Crippen molar-refractivity contribution in [1.29, 1.82) is 0 Å². The normalized spacial score (nSPS) is 15.5. The van der Waals surface area contributed by atoms with E-state index in [9.17, 15) is 4.79 Å². The fourth-order valence-electron chi connectivity index (χ4n) is 2.95. The van der Waals surface area contributed by atoms with Gasteiger partial charge in [0.1, 0.15) is 12.1 Å². The molecule has 1 saturated heterocycles. The molecule has 6 heteroatoms. The molecule has 0 aliphatic carbocycles. The lowest BCUT2D eigenvalue weighted by molar-refractivity contribution is -0.122. The molecule has 0 spiro atoms. The van der Waals surface area contributed by atoms with E-state index in [-0.39, 0.29) is 11.8 Å². The quantitative estimate of drug-likeness (QED) is 0.805. The first-order valence-electron chi connectivity index (χ1n) is 8.08. The molecule has 1 aliphatic rings. The van der Waals surface area contributed by atoms with Gasteiger partial charge < -0.3 is 10.1 Å². The molecule has 1 fully saturated rings. The number of benzene rings is 1. The van der Waals surface area contributed by atoms with Gasteiger partial charge in [0.05, 0.1) is 22.9 Å². The zero-order chi connectivity index (χ0) is 16.4. The number of aromatic nitrogens is 3. The highest BCUT2D eigenvalue weighted by Gasteiger charge is 2.21. The average molecular weight is 322 g/mol. The van der Waals surface area contributed by atoms with Crippen molar-refractivity contribution in [2.45, 2.75) is 12.8 Å². The van der Waals surface area contributed by atoms with Crippen LogP contribution in [0.1, 0.15) is 12.8 Å². The van der Waals surface area contributed by atoms with Crippen LogP contribution >= 0.6 is 0 Å². The minimum atomic E-state index is 0.0241. The van der Waals surface area contributed by atoms with Crippen molar-refractivity contribution in [2.75, 3.05) is 18.5 Å². The highest BCUT2D eigenvalue weighted by atomic mass is 16.5. The van der Waals surface area contributed by atoms with Gasteiger partial charge in [-0.1, -0.05) is 12.1 Å². The molecule has 0 saturated carbocycles. The Hall–Kier alpha value is -2.73. The molecule has 3 heterocycles. The number of anilines is 1. The van der Waals surface area contributed by atoms with Gasteiger partial charge in [-0.15, -0.1) is 0 Å². The SMILES string of the molecule is O=C(Nc1ccc(-n2cnc3ccccc32)nc1)C1CCOCC1. The minimum Gasteiger partial charge on any atom is -0.381 e. The number of hydrogen-bond donors (Lipinski definition) is 1. The molecule has 1 aliphatic heterocycles. The molecule has 1 aromatic carbocycles. The highest BCUT2D eigenvalue weighted by molar-refractivity contribution is 5.92. The monoisotopic (exact) mass is 322 g/mol. The van der Waals surface area contributed by atoms with Crippen LogP contribution in [0.4, 0.5) is 5.69 Å². The first kappa shape index (κ1) is 14.8. The summed E-state index contributed by atoms with van der Waals surface area (Å²) in [5, 5.41) is 2.94. The van der Waals surface area contributed by atoms with Crippen molar-refractivity contribution in [1.82, 2.24) is 14.5 Å². The molecule has 0 bridgehead atoms. The summed E-state index contributed by atoms with van der Waals surface area (Å²) in [5.74, 6) is 0.838. The van der Waals surface area contributed by atoms with E-state index in [0.717, 1.165) is 29.7 Å². The number of imidazole rings is 1. The van der Waals surface area contributed by atoms with Crippen LogP contribution in [0.15, 0.2) is 48.9 Å². The maximum Gasteiger partial charge on any atom is 0.227 e. The topological polar surface area (TPSA) is 69.0 Å². The number of ether oxygens (including phenoxy) is 1. The van der Waals surface area contributed by atoms with Crippen LogP contribution in [0.3, 0.4) is 0 Å². The molecule has 0 radical (unpaired) electrons. The molecule has 4 rings (SSSR count). The number of carbonyl (C=O) groups excluding carboxylic acids is 1. The third-order valence-electron chi connectivity index (χ3n) is 4.31. The molecule has 0 unspecified atom stereocenters. The number of pyridine rings is 1. The zero-order valence-electron chi connectivity index (χ0n) is 13.2. The fourth-order valence-corrected chi connectivity index (χ4v) is 2.95. The molecule has 3 aromatic rings. The van der Waals surface area contributed by atoms with Crippen molar-refractivity contribution in [2.24, 2.45) is 5.92 Å². The molecule has 1 amide bonds. The van der Waals surface area contributed by atoms with Crippen LogP contribution in [-0.4, -0.2) is 33.7 Å². The van der Waals surface area contributed by atoms with Crippen molar-refractivity contribution < 1.29 is 9.53 Å². The Balaban J connectivity index is 1.51. The summed E-state index contributed by atoms with van der Waals surface area (Å²) in [5.41, 5.74) is 2.64. The number of nitrogens with zero attached hydrogens (tertiary/aromatic N) is 3. The summed E-state index contributed by atoms with van der Waals surface area (Å²) in [6.07, 6.45) is 4.99. The van der Waals surface area contributed by atoms with E-state index in [2.05, 4.69) is 15.3 Å². The first-order valence-corrected chi connectivity index (χ1v) is 8.08. The highest BCUT2D eigenvalue weighted by Crippen LogP contribution is 2.19. The smallest absolute Gasteiger partial charge is 0.227 e. The van der Waals surface area contributed by atoms with E-state index in [1.165, 1.54) is 0 Å². The molecular formula is C18H18N4O2. The van der Waals surface area contributed by atoms with Gasteiger partial charge in [-0.2, -0.15) is 0 Å². The minimum absolute atomic E-state index is 0.0241. The summed E-state index contributed by atoms with van der Waals surface area (Å²) in [4.78, 5) is 21.1. The molecule has 24 heavy (non-hydrogen) atoms. The van der Waals surface area contributed by atoms with Crippen molar-refractivity contribution in [3.05, 3.63) is 48.9 Å². The average Bonchev–Trinajstić information content (AvgIpc) is 3.07. The van der Waals surface area contributed by atoms with E-state index < -0.39 is 0 Å². The van der Waals surface area contributed by atoms with Gasteiger partial charge in [0.15, 0.2) is 0 Å². The first-order chi connectivity index (χ1) is 11.8. The van der Waals surface area contributed by atoms with Gasteiger partial charge in [0, 0.05) is 19.1 Å². The second kappa shape index (κ2) is 6.41. The van der Waals surface area contributed by atoms with E-state index in [4.69, 9.17) is 4.74 Å². The Morgan fingerprint density at radius 1 is 1.12 bits per heavy atom. The van der Waals surface area contributed by atoms with Crippen molar-refractivity contribution in [3.63, 3.8) is 0 Å². The number of amides is 1. The van der Waals surface area contributed by atoms with E-state index in [1.807, 2.05) is 41.0 Å². The Kier molecular flexibility index (Phi) is 3.96. The number of para-hydroxylation sites is 2. The zero-order valence-corrected chi connectivity index (χ0v) is 13.2. The Bertz CT molecular complexity index is 851. The third-order valence-corrected chi connectivity index (χ3v) is 4.31. The Morgan fingerprint density at radius 2 is 1.96 bits per heavy atom. The number of carbonyl (C=O) groups is 1. The van der Waals surface area contributed by atoms with Gasteiger partial charge >= 0.3 is 0 Å². The van der Waals surface area contributed by atoms with Crippen LogP contribution in [0.2, 0.25) is 0 Å². The lowest BCUT2D eigenvalue weighted by atomic mass is 9.99. The van der Waals surface area contributed by atoms with Crippen LogP contribution in [0.5, 0.6) is 0 Å². The standard InChI is InChI=1S/C18H18N4O2/c23-18(13-7-9-24-10-8-13)21-14-5-6-17(19-11-14)22-12-20-15-3-1-2-4-16(15)22/h1-6,11-13H,7-10H2,(H,21,23). The van der Waals surface area contributed by atoms with Crippen molar-refractivity contribution in [3.8, 4) is 5.82 Å². The summed E-state index contributed by atoms with van der Waals surface area (Å²) in [6, 6.07) is 11.7. The summed E-state index contributed by atoms with van der Waals surface area (Å²) in [7, 11) is 0.